The topological polar surface area (TPSA) is 54.3 Å². The van der Waals surface area contributed by atoms with Crippen LogP contribution in [-0.2, 0) is 16.0 Å². The number of unbranched alkanes of at least 4 members (excludes halogenated alkanes) is 1. The molecule has 5 nitrogen and oxygen atoms in total. The molecule has 0 unspecified atom stereocenters. The minimum Gasteiger partial charge on any atom is -0.318 e. The summed E-state index contributed by atoms with van der Waals surface area (Å²) in [5.41, 5.74) is 6.93. The molecule has 2 heterocycles. The minimum absolute atomic E-state index is 0.0631. The molecule has 3 aromatic rings. The van der Waals surface area contributed by atoms with E-state index in [9.17, 15) is 9.59 Å². The Morgan fingerprint density at radius 1 is 0.971 bits per heavy atom. The SMILES string of the molecule is CCCCc1ccc(N2C(=O)C(=Cc3cc(C)n(-c4cccc(C)c4)c3C)C(=O)NC2=S)cc1. The van der Waals surface area contributed by atoms with Gasteiger partial charge in [0.2, 0.25) is 0 Å². The van der Waals surface area contributed by atoms with Crippen molar-refractivity contribution in [2.75, 3.05) is 4.90 Å². The van der Waals surface area contributed by atoms with Crippen molar-refractivity contribution in [1.29, 1.82) is 0 Å². The van der Waals surface area contributed by atoms with Crippen molar-refractivity contribution in [3.63, 3.8) is 0 Å². The summed E-state index contributed by atoms with van der Waals surface area (Å²) in [4.78, 5) is 27.6. The molecular formula is C28H29N3O2S. The van der Waals surface area contributed by atoms with Gasteiger partial charge < -0.3 is 4.57 Å². The third kappa shape index (κ3) is 4.59. The number of carbonyl (C=O) groups excluding carboxylic acids is 2. The van der Waals surface area contributed by atoms with Crippen molar-refractivity contribution in [2.24, 2.45) is 0 Å². The van der Waals surface area contributed by atoms with Crippen molar-refractivity contribution < 1.29 is 9.59 Å². The number of amides is 2. The molecule has 0 saturated carbocycles. The van der Waals surface area contributed by atoms with E-state index in [4.69, 9.17) is 12.2 Å². The van der Waals surface area contributed by atoms with Crippen molar-refractivity contribution >= 4 is 40.9 Å². The third-order valence-electron chi connectivity index (χ3n) is 6.15. The number of hydrogen-bond acceptors (Lipinski definition) is 3. The number of aryl methyl sites for hydroxylation is 3. The van der Waals surface area contributed by atoms with Crippen LogP contribution in [0.4, 0.5) is 5.69 Å². The molecule has 1 aliphatic rings. The van der Waals surface area contributed by atoms with Crippen LogP contribution in [0.5, 0.6) is 0 Å². The molecule has 1 fully saturated rings. The van der Waals surface area contributed by atoms with Gasteiger partial charge in [-0.15, -0.1) is 0 Å². The van der Waals surface area contributed by atoms with Gasteiger partial charge in [-0.1, -0.05) is 37.6 Å². The number of rotatable bonds is 6. The van der Waals surface area contributed by atoms with Gasteiger partial charge in [0.15, 0.2) is 5.11 Å². The molecule has 0 bridgehead atoms. The number of carbonyl (C=O) groups is 2. The van der Waals surface area contributed by atoms with Gasteiger partial charge >= 0.3 is 0 Å². The van der Waals surface area contributed by atoms with E-state index in [2.05, 4.69) is 35.9 Å². The fourth-order valence-electron chi connectivity index (χ4n) is 4.34. The molecule has 6 heteroatoms. The van der Waals surface area contributed by atoms with Gasteiger partial charge in [-0.2, -0.15) is 0 Å². The fourth-order valence-corrected chi connectivity index (χ4v) is 4.62. The first-order chi connectivity index (χ1) is 16.3. The number of nitrogens with zero attached hydrogens (tertiary/aromatic N) is 2. The summed E-state index contributed by atoms with van der Waals surface area (Å²) in [5, 5.41) is 2.78. The first-order valence-electron chi connectivity index (χ1n) is 11.6. The Morgan fingerprint density at radius 2 is 1.71 bits per heavy atom. The lowest BCUT2D eigenvalue weighted by Gasteiger charge is -2.29. The van der Waals surface area contributed by atoms with Gasteiger partial charge in [0.05, 0.1) is 5.69 Å². The van der Waals surface area contributed by atoms with E-state index < -0.39 is 11.8 Å². The molecule has 0 spiro atoms. The summed E-state index contributed by atoms with van der Waals surface area (Å²) >= 11 is 5.35. The highest BCUT2D eigenvalue weighted by Crippen LogP contribution is 2.26. The molecule has 2 amide bonds. The number of aromatic nitrogens is 1. The smallest absolute Gasteiger partial charge is 0.270 e. The average molecular weight is 472 g/mol. The van der Waals surface area contributed by atoms with Crippen LogP contribution >= 0.6 is 12.2 Å². The van der Waals surface area contributed by atoms with E-state index in [1.807, 2.05) is 56.3 Å². The highest BCUT2D eigenvalue weighted by Gasteiger charge is 2.34. The molecule has 1 aliphatic heterocycles. The van der Waals surface area contributed by atoms with Gasteiger partial charge in [0.25, 0.3) is 11.8 Å². The summed E-state index contributed by atoms with van der Waals surface area (Å²) in [7, 11) is 0. The molecule has 0 radical (unpaired) electrons. The average Bonchev–Trinajstić information content (AvgIpc) is 3.08. The quantitative estimate of drug-likeness (QED) is 0.290. The second-order valence-electron chi connectivity index (χ2n) is 8.73. The normalized spacial score (nSPS) is 15.2. The van der Waals surface area contributed by atoms with E-state index in [-0.39, 0.29) is 10.7 Å². The molecule has 34 heavy (non-hydrogen) atoms. The second kappa shape index (κ2) is 9.77. The number of thiocarbonyl (C=S) groups is 1. The Balaban J connectivity index is 1.68. The standard InChI is InChI=1S/C28H29N3O2S/c1-5-6-9-21-11-13-23(14-12-21)31-27(33)25(26(32)29-28(31)34)17-22-16-19(3)30(20(22)4)24-10-7-8-18(2)15-24/h7-8,10-17H,5-6,9H2,1-4H3,(H,29,32,34). The van der Waals surface area contributed by atoms with Crippen molar-refractivity contribution in [2.45, 2.75) is 47.0 Å². The zero-order chi connectivity index (χ0) is 24.4. The summed E-state index contributed by atoms with van der Waals surface area (Å²) in [6.45, 7) is 8.22. The molecule has 1 aromatic heterocycles. The van der Waals surface area contributed by atoms with Gasteiger partial charge in [0.1, 0.15) is 5.57 Å². The maximum absolute atomic E-state index is 13.4. The third-order valence-corrected chi connectivity index (χ3v) is 6.43. The van der Waals surface area contributed by atoms with Crippen LogP contribution < -0.4 is 10.2 Å². The van der Waals surface area contributed by atoms with Gasteiger partial charge in [0, 0.05) is 17.1 Å². The largest absolute Gasteiger partial charge is 0.318 e. The molecule has 174 valence electrons. The first kappa shape index (κ1) is 23.6. The van der Waals surface area contributed by atoms with E-state index in [0.717, 1.165) is 47.5 Å². The lowest BCUT2D eigenvalue weighted by atomic mass is 10.1. The Labute approximate surface area is 206 Å². The number of anilines is 1. The molecule has 1 saturated heterocycles. The minimum atomic E-state index is -0.480. The van der Waals surface area contributed by atoms with Crippen molar-refractivity contribution in [3.8, 4) is 5.69 Å². The van der Waals surface area contributed by atoms with E-state index in [1.165, 1.54) is 10.5 Å². The number of benzene rings is 2. The van der Waals surface area contributed by atoms with Gasteiger partial charge in [-0.05, 0) is 98.9 Å². The van der Waals surface area contributed by atoms with E-state index in [0.29, 0.717) is 5.69 Å². The zero-order valence-electron chi connectivity index (χ0n) is 20.0. The van der Waals surface area contributed by atoms with Gasteiger partial charge in [-0.25, -0.2) is 0 Å². The van der Waals surface area contributed by atoms with Crippen molar-refractivity contribution in [3.05, 3.63) is 88.2 Å². The molecule has 0 atom stereocenters. The highest BCUT2D eigenvalue weighted by molar-refractivity contribution is 7.80. The van der Waals surface area contributed by atoms with Crippen LogP contribution in [0, 0.1) is 20.8 Å². The zero-order valence-corrected chi connectivity index (χ0v) is 20.8. The highest BCUT2D eigenvalue weighted by atomic mass is 32.1. The maximum atomic E-state index is 13.4. The van der Waals surface area contributed by atoms with Crippen LogP contribution in [0.25, 0.3) is 11.8 Å². The van der Waals surface area contributed by atoms with Crippen LogP contribution in [0.2, 0.25) is 0 Å². The predicted octanol–water partition coefficient (Wildman–Crippen LogP) is 5.58. The number of hydrogen-bond donors (Lipinski definition) is 1. The summed E-state index contributed by atoms with van der Waals surface area (Å²) in [6, 6.07) is 18.0. The van der Waals surface area contributed by atoms with Gasteiger partial charge in [-0.3, -0.25) is 19.8 Å². The molecular weight excluding hydrogens is 442 g/mol. The molecule has 0 aliphatic carbocycles. The summed E-state index contributed by atoms with van der Waals surface area (Å²) in [5.74, 6) is -0.901. The monoisotopic (exact) mass is 471 g/mol. The fraction of sp³-hybridized carbons (Fsp3) is 0.250. The van der Waals surface area contributed by atoms with Crippen LogP contribution in [0.1, 0.15) is 47.8 Å². The maximum Gasteiger partial charge on any atom is 0.270 e. The van der Waals surface area contributed by atoms with E-state index in [1.54, 1.807) is 6.08 Å². The Bertz CT molecular complexity index is 1300. The molecule has 2 aromatic carbocycles. The van der Waals surface area contributed by atoms with E-state index >= 15 is 0 Å². The first-order valence-corrected chi connectivity index (χ1v) is 12.0. The summed E-state index contributed by atoms with van der Waals surface area (Å²) < 4.78 is 2.13. The Hall–Kier alpha value is -3.51. The Morgan fingerprint density at radius 3 is 2.38 bits per heavy atom. The number of nitrogens with one attached hydrogen (secondary N) is 1. The van der Waals surface area contributed by atoms with Crippen LogP contribution in [-0.4, -0.2) is 21.5 Å². The lowest BCUT2D eigenvalue weighted by molar-refractivity contribution is -0.122. The lowest BCUT2D eigenvalue weighted by Crippen LogP contribution is -2.54. The van der Waals surface area contributed by atoms with Crippen LogP contribution in [0.15, 0.2) is 60.2 Å². The van der Waals surface area contributed by atoms with Crippen LogP contribution in [0.3, 0.4) is 0 Å². The Kier molecular flexibility index (Phi) is 6.80. The second-order valence-corrected chi connectivity index (χ2v) is 9.12. The predicted molar refractivity (Wildman–Crippen MR) is 141 cm³/mol. The molecule has 4 rings (SSSR count). The summed E-state index contributed by atoms with van der Waals surface area (Å²) in [6.07, 6.45) is 4.90. The van der Waals surface area contributed by atoms with Crippen molar-refractivity contribution in [1.82, 2.24) is 9.88 Å². The molecule has 1 N–H and O–H groups in total.